The minimum absolute atomic E-state index is 0.181. The molecule has 0 spiro atoms. The third-order valence-electron chi connectivity index (χ3n) is 4.35. The number of aromatic nitrogens is 1. The fourth-order valence-corrected chi connectivity index (χ4v) is 2.97. The van der Waals surface area contributed by atoms with Crippen molar-refractivity contribution in [3.8, 4) is 0 Å². The van der Waals surface area contributed by atoms with Crippen LogP contribution in [0.15, 0.2) is 18.3 Å². The number of hydrogen-bond acceptors (Lipinski definition) is 4. The molecule has 25 heavy (non-hydrogen) atoms. The van der Waals surface area contributed by atoms with Crippen molar-refractivity contribution in [3.63, 3.8) is 0 Å². The number of amides is 1. The second kappa shape index (κ2) is 7.98. The standard InChI is InChI=1S/C20H30N2O3/c1-14(2)16-6-7-17(21-12-16)11-18(23)10-15-8-9-22(13-15)19(24)25-20(3,4)5/h6-7,12,14-15H,8-11,13H2,1-5H3/t15-/m1/s1. The highest BCUT2D eigenvalue weighted by Gasteiger charge is 2.30. The van der Waals surface area contributed by atoms with Gasteiger partial charge in [-0.1, -0.05) is 19.9 Å². The lowest BCUT2D eigenvalue weighted by Crippen LogP contribution is -2.35. The highest BCUT2D eigenvalue weighted by atomic mass is 16.6. The fourth-order valence-electron chi connectivity index (χ4n) is 2.97. The Hall–Kier alpha value is -1.91. The molecule has 0 aromatic carbocycles. The highest BCUT2D eigenvalue weighted by Crippen LogP contribution is 2.23. The zero-order valence-electron chi connectivity index (χ0n) is 16.0. The van der Waals surface area contributed by atoms with Crippen LogP contribution < -0.4 is 0 Å². The third-order valence-corrected chi connectivity index (χ3v) is 4.35. The highest BCUT2D eigenvalue weighted by molar-refractivity contribution is 5.81. The van der Waals surface area contributed by atoms with E-state index in [0.717, 1.165) is 12.1 Å². The normalized spacial score (nSPS) is 17.8. The summed E-state index contributed by atoms with van der Waals surface area (Å²) in [5, 5.41) is 0. The Morgan fingerprint density at radius 1 is 1.32 bits per heavy atom. The number of hydrogen-bond donors (Lipinski definition) is 0. The van der Waals surface area contributed by atoms with Gasteiger partial charge in [-0.15, -0.1) is 0 Å². The lowest BCUT2D eigenvalue weighted by molar-refractivity contribution is -0.119. The molecule has 1 aliphatic heterocycles. The summed E-state index contributed by atoms with van der Waals surface area (Å²) in [7, 11) is 0. The molecule has 5 heteroatoms. The zero-order chi connectivity index (χ0) is 18.6. The number of ketones is 1. The van der Waals surface area contributed by atoms with Gasteiger partial charge in [0.1, 0.15) is 11.4 Å². The summed E-state index contributed by atoms with van der Waals surface area (Å²) in [5.74, 6) is 0.838. The monoisotopic (exact) mass is 346 g/mol. The molecule has 0 saturated carbocycles. The van der Waals surface area contributed by atoms with E-state index in [-0.39, 0.29) is 17.8 Å². The Kier molecular flexibility index (Phi) is 6.20. The number of carbonyl (C=O) groups is 2. The van der Waals surface area contributed by atoms with Gasteiger partial charge in [0.2, 0.25) is 0 Å². The number of nitrogens with zero attached hydrogens (tertiary/aromatic N) is 2. The van der Waals surface area contributed by atoms with E-state index in [1.54, 1.807) is 4.90 Å². The van der Waals surface area contributed by atoms with Gasteiger partial charge in [0.25, 0.3) is 0 Å². The van der Waals surface area contributed by atoms with E-state index >= 15 is 0 Å². The van der Waals surface area contributed by atoms with Gasteiger partial charge in [0.15, 0.2) is 0 Å². The van der Waals surface area contributed by atoms with Gasteiger partial charge in [-0.3, -0.25) is 9.78 Å². The molecule has 0 N–H and O–H groups in total. The lowest BCUT2D eigenvalue weighted by atomic mass is 9.99. The maximum absolute atomic E-state index is 12.3. The molecule has 1 aromatic rings. The second-order valence-corrected chi connectivity index (χ2v) is 8.24. The quantitative estimate of drug-likeness (QED) is 0.809. The molecular formula is C20H30N2O3. The maximum Gasteiger partial charge on any atom is 0.410 e. The van der Waals surface area contributed by atoms with E-state index in [0.29, 0.717) is 31.8 Å². The number of pyridine rings is 1. The van der Waals surface area contributed by atoms with Crippen LogP contribution in [0.2, 0.25) is 0 Å². The summed E-state index contributed by atoms with van der Waals surface area (Å²) < 4.78 is 5.39. The van der Waals surface area contributed by atoms with E-state index in [1.165, 1.54) is 5.56 Å². The van der Waals surface area contributed by atoms with Crippen LogP contribution in [0.3, 0.4) is 0 Å². The largest absolute Gasteiger partial charge is 0.444 e. The fraction of sp³-hybridized carbons (Fsp3) is 0.650. The molecule has 1 aliphatic rings. The van der Waals surface area contributed by atoms with Crippen molar-refractivity contribution < 1.29 is 14.3 Å². The molecule has 1 amide bonds. The van der Waals surface area contributed by atoms with Crippen molar-refractivity contribution in [2.45, 2.75) is 65.4 Å². The molecule has 1 atom stereocenters. The van der Waals surface area contributed by atoms with Crippen LogP contribution >= 0.6 is 0 Å². The van der Waals surface area contributed by atoms with Crippen LogP contribution in [0.5, 0.6) is 0 Å². The van der Waals surface area contributed by atoms with Crippen molar-refractivity contribution in [2.24, 2.45) is 5.92 Å². The first-order valence-corrected chi connectivity index (χ1v) is 9.08. The average Bonchev–Trinajstić information content (AvgIpc) is 2.94. The van der Waals surface area contributed by atoms with Crippen LogP contribution in [-0.2, 0) is 16.0 Å². The predicted octanol–water partition coefficient (Wildman–Crippen LogP) is 3.96. The molecule has 1 aromatic heterocycles. The van der Waals surface area contributed by atoms with Crippen LogP contribution in [0.1, 0.15) is 64.6 Å². The topological polar surface area (TPSA) is 59.5 Å². The molecule has 1 saturated heterocycles. The first-order chi connectivity index (χ1) is 11.6. The van der Waals surface area contributed by atoms with Crippen molar-refractivity contribution in [1.29, 1.82) is 0 Å². The molecule has 0 radical (unpaired) electrons. The summed E-state index contributed by atoms with van der Waals surface area (Å²) in [6.07, 6.45) is 3.28. The Balaban J connectivity index is 1.80. The van der Waals surface area contributed by atoms with Crippen LogP contribution in [0.4, 0.5) is 4.79 Å². The van der Waals surface area contributed by atoms with Gasteiger partial charge in [0, 0.05) is 37.8 Å². The smallest absolute Gasteiger partial charge is 0.410 e. The van der Waals surface area contributed by atoms with Gasteiger partial charge in [-0.25, -0.2) is 4.79 Å². The third kappa shape index (κ3) is 6.15. The zero-order valence-corrected chi connectivity index (χ0v) is 16.0. The molecular weight excluding hydrogens is 316 g/mol. The summed E-state index contributed by atoms with van der Waals surface area (Å²) in [5.41, 5.74) is 1.51. The Morgan fingerprint density at radius 3 is 2.60 bits per heavy atom. The molecule has 0 bridgehead atoms. The number of Topliss-reactive ketones (excluding diaryl/α,β-unsaturated/α-hetero) is 1. The van der Waals surface area contributed by atoms with Gasteiger partial charge in [0.05, 0.1) is 0 Å². The van der Waals surface area contributed by atoms with Gasteiger partial charge >= 0.3 is 6.09 Å². The number of rotatable bonds is 5. The Labute approximate surface area is 150 Å². The van der Waals surface area contributed by atoms with Crippen LogP contribution in [-0.4, -0.2) is 40.5 Å². The van der Waals surface area contributed by atoms with Crippen molar-refractivity contribution in [2.75, 3.05) is 13.1 Å². The summed E-state index contributed by atoms with van der Waals surface area (Å²) in [6.45, 7) is 11.1. The summed E-state index contributed by atoms with van der Waals surface area (Å²) >= 11 is 0. The molecule has 2 heterocycles. The lowest BCUT2D eigenvalue weighted by Gasteiger charge is -2.24. The average molecular weight is 346 g/mol. The predicted molar refractivity (Wildman–Crippen MR) is 97.6 cm³/mol. The van der Waals surface area contributed by atoms with Gasteiger partial charge in [-0.2, -0.15) is 0 Å². The van der Waals surface area contributed by atoms with E-state index in [1.807, 2.05) is 39.1 Å². The van der Waals surface area contributed by atoms with Crippen molar-refractivity contribution in [3.05, 3.63) is 29.6 Å². The van der Waals surface area contributed by atoms with E-state index in [2.05, 4.69) is 18.8 Å². The summed E-state index contributed by atoms with van der Waals surface area (Å²) in [4.78, 5) is 30.5. The van der Waals surface area contributed by atoms with Gasteiger partial charge < -0.3 is 9.64 Å². The maximum atomic E-state index is 12.3. The van der Waals surface area contributed by atoms with Crippen molar-refractivity contribution >= 4 is 11.9 Å². The molecule has 0 unspecified atom stereocenters. The van der Waals surface area contributed by atoms with Gasteiger partial charge in [-0.05, 0) is 50.7 Å². The number of ether oxygens (including phenoxy) is 1. The first-order valence-electron chi connectivity index (χ1n) is 9.08. The Morgan fingerprint density at radius 2 is 2.04 bits per heavy atom. The molecule has 1 fully saturated rings. The summed E-state index contributed by atoms with van der Waals surface area (Å²) in [6, 6.07) is 3.98. The number of likely N-dealkylation sites (tertiary alicyclic amines) is 1. The van der Waals surface area contributed by atoms with E-state index < -0.39 is 5.60 Å². The molecule has 0 aliphatic carbocycles. The minimum Gasteiger partial charge on any atom is -0.444 e. The first kappa shape index (κ1) is 19.4. The number of carbonyl (C=O) groups excluding carboxylic acids is 2. The Bertz CT molecular complexity index is 602. The van der Waals surface area contributed by atoms with E-state index in [4.69, 9.17) is 4.74 Å². The molecule has 2 rings (SSSR count). The molecule has 5 nitrogen and oxygen atoms in total. The van der Waals surface area contributed by atoms with E-state index in [9.17, 15) is 9.59 Å². The molecule has 138 valence electrons. The minimum atomic E-state index is -0.487. The van der Waals surface area contributed by atoms with Crippen LogP contribution in [0.25, 0.3) is 0 Å². The SMILES string of the molecule is CC(C)c1ccc(CC(=O)C[C@H]2CCN(C(=O)OC(C)(C)C)C2)nc1. The second-order valence-electron chi connectivity index (χ2n) is 8.24. The van der Waals surface area contributed by atoms with Crippen molar-refractivity contribution in [1.82, 2.24) is 9.88 Å². The van der Waals surface area contributed by atoms with Crippen LogP contribution in [0, 0.1) is 5.92 Å².